The Hall–Kier alpha value is -3.16. The Balaban J connectivity index is 1.66. The topological polar surface area (TPSA) is 107 Å². The summed E-state index contributed by atoms with van der Waals surface area (Å²) in [6.07, 6.45) is 3.15. The van der Waals surface area contributed by atoms with E-state index in [2.05, 4.69) is 20.6 Å². The van der Waals surface area contributed by atoms with E-state index in [1.54, 1.807) is 24.3 Å². The minimum Gasteiger partial charge on any atom is -0.342 e. The van der Waals surface area contributed by atoms with Gasteiger partial charge in [0.15, 0.2) is 0 Å². The highest BCUT2D eigenvalue weighted by Crippen LogP contribution is 2.30. The molecule has 2 aromatic rings. The van der Waals surface area contributed by atoms with Crippen LogP contribution in [0.2, 0.25) is 0 Å². The lowest BCUT2D eigenvalue weighted by atomic mass is 9.92. The number of hydrogen-bond donors (Lipinski definition) is 3. The summed E-state index contributed by atoms with van der Waals surface area (Å²) in [6, 6.07) is 8.95. The van der Waals surface area contributed by atoms with Gasteiger partial charge < -0.3 is 15.5 Å². The molecule has 0 aliphatic carbocycles. The number of nitrogens with one attached hydrogen (secondary N) is 3. The summed E-state index contributed by atoms with van der Waals surface area (Å²) in [7, 11) is 0. The van der Waals surface area contributed by atoms with Crippen molar-refractivity contribution in [1.82, 2.24) is 9.97 Å². The number of amides is 2. The Bertz CT molecular complexity index is 919. The van der Waals surface area contributed by atoms with Gasteiger partial charge in [0.05, 0.1) is 11.5 Å². The van der Waals surface area contributed by atoms with Crippen molar-refractivity contribution in [3.8, 4) is 0 Å². The van der Waals surface area contributed by atoms with E-state index in [1.165, 1.54) is 0 Å². The van der Waals surface area contributed by atoms with Gasteiger partial charge in [-0.15, -0.1) is 0 Å². The number of H-pyrrole nitrogens is 1. The third kappa shape index (κ3) is 3.55. The van der Waals surface area contributed by atoms with Gasteiger partial charge in [0.25, 0.3) is 5.56 Å². The van der Waals surface area contributed by atoms with E-state index in [1.807, 2.05) is 11.0 Å². The van der Waals surface area contributed by atoms with Crippen LogP contribution in [0.5, 0.6) is 0 Å². The molecule has 140 valence electrons. The Morgan fingerprint density at radius 2 is 1.85 bits per heavy atom. The number of anilines is 3. The van der Waals surface area contributed by atoms with Crippen LogP contribution in [-0.4, -0.2) is 34.9 Å². The van der Waals surface area contributed by atoms with Crippen molar-refractivity contribution in [3.63, 3.8) is 0 Å². The summed E-state index contributed by atoms with van der Waals surface area (Å²) >= 11 is 0. The molecule has 0 spiro atoms. The highest BCUT2D eigenvalue weighted by Gasteiger charge is 2.35. The molecule has 1 fully saturated rings. The van der Waals surface area contributed by atoms with Gasteiger partial charge in [0.2, 0.25) is 17.8 Å². The summed E-state index contributed by atoms with van der Waals surface area (Å²) in [5.41, 5.74) is 0.446. The fraction of sp³-hybridized carbons (Fsp3) is 0.368. The van der Waals surface area contributed by atoms with Gasteiger partial charge in [-0.05, 0) is 31.4 Å². The van der Waals surface area contributed by atoms with Crippen molar-refractivity contribution >= 4 is 29.3 Å². The predicted octanol–water partition coefficient (Wildman–Crippen LogP) is 1.82. The van der Waals surface area contributed by atoms with Crippen molar-refractivity contribution < 1.29 is 9.59 Å². The van der Waals surface area contributed by atoms with Gasteiger partial charge in [-0.3, -0.25) is 19.4 Å². The smallest absolute Gasteiger partial charge is 0.258 e. The third-order valence-electron chi connectivity index (χ3n) is 4.95. The predicted molar refractivity (Wildman–Crippen MR) is 102 cm³/mol. The van der Waals surface area contributed by atoms with Gasteiger partial charge in [0.1, 0.15) is 5.82 Å². The zero-order valence-corrected chi connectivity index (χ0v) is 14.8. The standard InChI is InChI=1S/C19H21N5O3/c25-14-11-13(17(26)20-12-7-3-1-4-8-12)15-16(21-14)22-19(23-18(15)27)24-9-5-2-6-10-24/h1,3-4,7-8,13H,2,5-6,9-11H2,(H,20,26)(H2,21,22,23,25,27)/t13-/m1/s1. The van der Waals surface area contributed by atoms with Crippen LogP contribution in [0.4, 0.5) is 17.5 Å². The number of benzene rings is 1. The highest BCUT2D eigenvalue weighted by atomic mass is 16.2. The zero-order valence-electron chi connectivity index (χ0n) is 14.8. The van der Waals surface area contributed by atoms with Crippen LogP contribution in [0.15, 0.2) is 35.1 Å². The lowest BCUT2D eigenvalue weighted by Crippen LogP contribution is -2.38. The summed E-state index contributed by atoms with van der Waals surface area (Å²) in [6.45, 7) is 1.63. The van der Waals surface area contributed by atoms with Crippen molar-refractivity contribution in [3.05, 3.63) is 46.2 Å². The maximum Gasteiger partial charge on any atom is 0.258 e. The lowest BCUT2D eigenvalue weighted by molar-refractivity contribution is -0.123. The largest absolute Gasteiger partial charge is 0.342 e. The van der Waals surface area contributed by atoms with Crippen molar-refractivity contribution in [2.24, 2.45) is 0 Å². The van der Waals surface area contributed by atoms with Crippen LogP contribution < -0.4 is 21.1 Å². The maximum atomic E-state index is 12.7. The SMILES string of the molecule is O=C1C[C@@H](C(=O)Nc2ccccc2)c2c(nc(N3CCCCC3)[nH]c2=O)N1. The minimum atomic E-state index is -0.874. The van der Waals surface area contributed by atoms with E-state index >= 15 is 0 Å². The van der Waals surface area contributed by atoms with Gasteiger partial charge >= 0.3 is 0 Å². The second kappa shape index (κ2) is 7.22. The van der Waals surface area contributed by atoms with Gasteiger partial charge in [-0.1, -0.05) is 18.2 Å². The fourth-order valence-electron chi connectivity index (χ4n) is 3.59. The second-order valence-electron chi connectivity index (χ2n) is 6.86. The molecular weight excluding hydrogens is 346 g/mol. The molecule has 3 heterocycles. The molecule has 0 radical (unpaired) electrons. The van der Waals surface area contributed by atoms with E-state index < -0.39 is 11.8 Å². The number of piperidine rings is 1. The summed E-state index contributed by atoms with van der Waals surface area (Å²) in [5, 5.41) is 5.42. The molecule has 8 nitrogen and oxygen atoms in total. The van der Waals surface area contributed by atoms with E-state index in [0.717, 1.165) is 32.4 Å². The molecule has 4 rings (SSSR count). The molecule has 1 saturated heterocycles. The molecule has 27 heavy (non-hydrogen) atoms. The van der Waals surface area contributed by atoms with Crippen molar-refractivity contribution in [1.29, 1.82) is 0 Å². The number of nitrogens with zero attached hydrogens (tertiary/aromatic N) is 2. The average Bonchev–Trinajstić information content (AvgIpc) is 2.68. The molecule has 8 heteroatoms. The van der Waals surface area contributed by atoms with Crippen LogP contribution in [0.3, 0.4) is 0 Å². The van der Waals surface area contributed by atoms with Crippen LogP contribution in [0.25, 0.3) is 0 Å². The average molecular weight is 367 g/mol. The first-order chi connectivity index (χ1) is 13.1. The number of carbonyl (C=O) groups is 2. The maximum absolute atomic E-state index is 12.7. The second-order valence-corrected chi connectivity index (χ2v) is 6.86. The van der Waals surface area contributed by atoms with Crippen LogP contribution in [0, 0.1) is 0 Å². The van der Waals surface area contributed by atoms with Gasteiger partial charge in [-0.25, -0.2) is 0 Å². The summed E-state index contributed by atoms with van der Waals surface area (Å²) in [5.74, 6) is -0.957. The molecule has 2 aliphatic rings. The molecule has 1 aromatic heterocycles. The number of rotatable bonds is 3. The van der Waals surface area contributed by atoms with E-state index in [9.17, 15) is 14.4 Å². The van der Waals surface area contributed by atoms with Crippen molar-refractivity contribution in [2.45, 2.75) is 31.6 Å². The van der Waals surface area contributed by atoms with E-state index in [-0.39, 0.29) is 29.3 Å². The number of carbonyl (C=O) groups excluding carboxylic acids is 2. The highest BCUT2D eigenvalue weighted by molar-refractivity contribution is 6.04. The molecule has 1 atom stereocenters. The number of aromatic nitrogens is 2. The zero-order chi connectivity index (χ0) is 18.8. The molecule has 0 saturated carbocycles. The Kier molecular flexibility index (Phi) is 4.62. The molecule has 0 unspecified atom stereocenters. The molecule has 2 amide bonds. The molecule has 3 N–H and O–H groups in total. The Morgan fingerprint density at radius 3 is 2.59 bits per heavy atom. The summed E-state index contributed by atoms with van der Waals surface area (Å²) in [4.78, 5) is 46.9. The normalized spacial score (nSPS) is 19.2. The van der Waals surface area contributed by atoms with Crippen LogP contribution >= 0.6 is 0 Å². The monoisotopic (exact) mass is 367 g/mol. The molecule has 0 bridgehead atoms. The van der Waals surface area contributed by atoms with Crippen LogP contribution in [-0.2, 0) is 9.59 Å². The summed E-state index contributed by atoms with van der Waals surface area (Å²) < 4.78 is 0. The number of hydrogen-bond acceptors (Lipinski definition) is 5. The van der Waals surface area contributed by atoms with Crippen molar-refractivity contribution in [2.75, 3.05) is 28.6 Å². The first kappa shape index (κ1) is 17.3. The van der Waals surface area contributed by atoms with Gasteiger partial charge in [0, 0.05) is 25.2 Å². The van der Waals surface area contributed by atoms with E-state index in [4.69, 9.17) is 0 Å². The van der Waals surface area contributed by atoms with E-state index in [0.29, 0.717) is 11.6 Å². The minimum absolute atomic E-state index is 0.0838. The Morgan fingerprint density at radius 1 is 1.11 bits per heavy atom. The first-order valence-corrected chi connectivity index (χ1v) is 9.17. The molecule has 1 aromatic carbocycles. The number of para-hydroxylation sites is 1. The molecular formula is C19H21N5O3. The quantitative estimate of drug-likeness (QED) is 0.767. The first-order valence-electron chi connectivity index (χ1n) is 9.17. The number of aromatic amines is 1. The third-order valence-corrected chi connectivity index (χ3v) is 4.95. The van der Waals surface area contributed by atoms with Gasteiger partial charge in [-0.2, -0.15) is 4.98 Å². The number of fused-ring (bicyclic) bond motifs is 1. The fourth-order valence-corrected chi connectivity index (χ4v) is 3.59. The van der Waals surface area contributed by atoms with Crippen LogP contribution in [0.1, 0.15) is 37.2 Å². The Labute approximate surface area is 156 Å². The molecule has 2 aliphatic heterocycles. The lowest BCUT2D eigenvalue weighted by Gasteiger charge is -2.29.